The molecule has 6 heteroatoms. The Kier molecular flexibility index (Phi) is 5.84. The molecule has 5 nitrogen and oxygen atoms in total. The summed E-state index contributed by atoms with van der Waals surface area (Å²) in [6.45, 7) is 1.16. The molecule has 2 aromatic carbocycles. The summed E-state index contributed by atoms with van der Waals surface area (Å²) in [6, 6.07) is 15.6. The minimum absolute atomic E-state index is 0.0979. The van der Waals surface area contributed by atoms with Gasteiger partial charge < -0.3 is 15.0 Å². The number of benzene rings is 2. The third-order valence-electron chi connectivity index (χ3n) is 4.27. The summed E-state index contributed by atoms with van der Waals surface area (Å²) in [5, 5.41) is 2.83. The molecule has 0 radical (unpaired) electrons. The monoisotopic (exact) mass is 356 g/mol. The van der Waals surface area contributed by atoms with Crippen LogP contribution in [0.4, 0.5) is 10.1 Å². The van der Waals surface area contributed by atoms with Crippen LogP contribution in [0, 0.1) is 11.7 Å². The molecule has 1 unspecified atom stereocenters. The highest BCUT2D eigenvalue weighted by atomic mass is 19.1. The zero-order valence-corrected chi connectivity index (χ0v) is 14.4. The molecule has 1 heterocycles. The number of carbonyl (C=O) groups is 2. The van der Waals surface area contributed by atoms with Crippen LogP contribution in [0.2, 0.25) is 0 Å². The molecule has 2 amide bonds. The van der Waals surface area contributed by atoms with E-state index in [1.807, 2.05) is 30.3 Å². The number of amides is 2. The van der Waals surface area contributed by atoms with Crippen molar-refractivity contribution in [1.82, 2.24) is 5.32 Å². The number of hydrogen-bond acceptors (Lipinski definition) is 3. The first-order valence-electron chi connectivity index (χ1n) is 8.65. The summed E-state index contributed by atoms with van der Waals surface area (Å²) in [6.07, 6.45) is 0.763. The molecule has 2 aromatic rings. The van der Waals surface area contributed by atoms with Crippen molar-refractivity contribution in [1.29, 1.82) is 0 Å². The molecule has 3 rings (SSSR count). The molecule has 0 aliphatic carbocycles. The van der Waals surface area contributed by atoms with Crippen molar-refractivity contribution in [3.05, 3.63) is 60.4 Å². The molecule has 0 aromatic heterocycles. The summed E-state index contributed by atoms with van der Waals surface area (Å²) in [4.78, 5) is 25.7. The summed E-state index contributed by atoms with van der Waals surface area (Å²) in [5.74, 6) is -0.544. The summed E-state index contributed by atoms with van der Waals surface area (Å²) in [5.41, 5.74) is 0.226. The number of rotatable bonds is 7. The van der Waals surface area contributed by atoms with Crippen molar-refractivity contribution < 1.29 is 18.7 Å². The Balaban J connectivity index is 1.43. The fourth-order valence-electron chi connectivity index (χ4n) is 2.92. The van der Waals surface area contributed by atoms with Gasteiger partial charge in [-0.25, -0.2) is 4.39 Å². The highest BCUT2D eigenvalue weighted by Crippen LogP contribution is 2.27. The summed E-state index contributed by atoms with van der Waals surface area (Å²) < 4.78 is 19.4. The van der Waals surface area contributed by atoms with Crippen molar-refractivity contribution in [2.45, 2.75) is 12.8 Å². The molecule has 1 fully saturated rings. The Hall–Kier alpha value is -2.89. The van der Waals surface area contributed by atoms with Crippen LogP contribution in [0.25, 0.3) is 0 Å². The minimum Gasteiger partial charge on any atom is -0.494 e. The van der Waals surface area contributed by atoms with Crippen LogP contribution in [0.15, 0.2) is 54.6 Å². The van der Waals surface area contributed by atoms with E-state index in [0.29, 0.717) is 19.6 Å². The van der Waals surface area contributed by atoms with Crippen LogP contribution in [0.3, 0.4) is 0 Å². The Morgan fingerprint density at radius 2 is 1.88 bits per heavy atom. The van der Waals surface area contributed by atoms with Crippen LogP contribution in [0.1, 0.15) is 12.8 Å². The smallest absolute Gasteiger partial charge is 0.227 e. The third-order valence-corrected chi connectivity index (χ3v) is 4.27. The van der Waals surface area contributed by atoms with Gasteiger partial charge >= 0.3 is 0 Å². The van der Waals surface area contributed by atoms with Crippen LogP contribution in [-0.4, -0.2) is 31.5 Å². The molecule has 1 atom stereocenters. The first kappa shape index (κ1) is 17.9. The van der Waals surface area contributed by atoms with Gasteiger partial charge in [0.2, 0.25) is 11.8 Å². The van der Waals surface area contributed by atoms with Crippen molar-refractivity contribution in [2.75, 3.05) is 24.6 Å². The average molecular weight is 356 g/mol. The number of nitrogens with zero attached hydrogens (tertiary/aromatic N) is 1. The van der Waals surface area contributed by atoms with Gasteiger partial charge in [-0.05, 0) is 30.7 Å². The second-order valence-corrected chi connectivity index (χ2v) is 6.16. The van der Waals surface area contributed by atoms with Crippen LogP contribution in [0.5, 0.6) is 5.75 Å². The molecule has 26 heavy (non-hydrogen) atoms. The van der Waals surface area contributed by atoms with E-state index < -0.39 is 11.7 Å². The third kappa shape index (κ3) is 4.39. The molecule has 136 valence electrons. The Bertz CT molecular complexity index is 767. The average Bonchev–Trinajstić information content (AvgIpc) is 3.04. The highest BCUT2D eigenvalue weighted by Gasteiger charge is 2.35. The molecule has 1 aliphatic rings. The number of para-hydroxylation sites is 2. The van der Waals surface area contributed by atoms with Crippen molar-refractivity contribution in [2.24, 2.45) is 5.92 Å². The van der Waals surface area contributed by atoms with Gasteiger partial charge in [0.05, 0.1) is 18.2 Å². The predicted octanol–water partition coefficient (Wildman–Crippen LogP) is 2.76. The van der Waals surface area contributed by atoms with E-state index in [-0.39, 0.29) is 30.5 Å². The SMILES string of the molecule is O=C(NCCCOc1ccccc1)C1CC(=O)N(c2ccccc2F)C1. The van der Waals surface area contributed by atoms with Crippen molar-refractivity contribution in [3.8, 4) is 5.75 Å². The van der Waals surface area contributed by atoms with Crippen LogP contribution >= 0.6 is 0 Å². The second kappa shape index (κ2) is 8.47. The van der Waals surface area contributed by atoms with Crippen LogP contribution in [-0.2, 0) is 9.59 Å². The standard InChI is InChI=1S/C20H21FN2O3/c21-17-9-4-5-10-18(17)23-14-15(13-19(23)24)20(25)22-11-6-12-26-16-7-2-1-3-8-16/h1-5,7-10,15H,6,11-14H2,(H,22,25). The zero-order chi connectivity index (χ0) is 18.4. The number of hydrogen-bond donors (Lipinski definition) is 1. The van der Waals surface area contributed by atoms with Gasteiger partial charge in [-0.3, -0.25) is 9.59 Å². The van der Waals surface area contributed by atoms with Gasteiger partial charge in [0.25, 0.3) is 0 Å². The first-order chi connectivity index (χ1) is 12.6. The zero-order valence-electron chi connectivity index (χ0n) is 14.4. The number of nitrogens with one attached hydrogen (secondary N) is 1. The quantitative estimate of drug-likeness (QED) is 0.776. The molecule has 1 saturated heterocycles. The van der Waals surface area contributed by atoms with E-state index in [0.717, 1.165) is 5.75 Å². The van der Waals surface area contributed by atoms with Gasteiger partial charge in [0.15, 0.2) is 0 Å². The fraction of sp³-hybridized carbons (Fsp3) is 0.300. The fourth-order valence-corrected chi connectivity index (χ4v) is 2.92. The predicted molar refractivity (Wildman–Crippen MR) is 96.4 cm³/mol. The first-order valence-corrected chi connectivity index (χ1v) is 8.65. The van der Waals surface area contributed by atoms with Crippen LogP contribution < -0.4 is 15.0 Å². The van der Waals surface area contributed by atoms with Gasteiger partial charge in [0.1, 0.15) is 11.6 Å². The van der Waals surface area contributed by atoms with Gasteiger partial charge in [-0.1, -0.05) is 30.3 Å². The molecule has 0 saturated carbocycles. The number of ether oxygens (including phenoxy) is 1. The van der Waals surface area contributed by atoms with Crippen molar-refractivity contribution in [3.63, 3.8) is 0 Å². The van der Waals surface area contributed by atoms with E-state index in [4.69, 9.17) is 4.74 Å². The lowest BCUT2D eigenvalue weighted by atomic mass is 10.1. The lowest BCUT2D eigenvalue weighted by Crippen LogP contribution is -2.34. The van der Waals surface area contributed by atoms with Gasteiger partial charge in [-0.15, -0.1) is 0 Å². The van der Waals surface area contributed by atoms with E-state index in [9.17, 15) is 14.0 Å². The lowest BCUT2D eigenvalue weighted by Gasteiger charge is -2.17. The molecular formula is C20H21FN2O3. The number of halogens is 1. The molecule has 1 aliphatic heterocycles. The summed E-state index contributed by atoms with van der Waals surface area (Å²) in [7, 11) is 0. The van der Waals surface area contributed by atoms with E-state index in [2.05, 4.69) is 5.32 Å². The molecule has 1 N–H and O–H groups in total. The minimum atomic E-state index is -0.461. The van der Waals surface area contributed by atoms with E-state index >= 15 is 0 Å². The maximum atomic E-state index is 13.9. The lowest BCUT2D eigenvalue weighted by molar-refractivity contribution is -0.126. The number of anilines is 1. The normalized spacial score (nSPS) is 16.6. The van der Waals surface area contributed by atoms with Crippen molar-refractivity contribution >= 4 is 17.5 Å². The maximum absolute atomic E-state index is 13.9. The summed E-state index contributed by atoms with van der Waals surface area (Å²) >= 11 is 0. The molecule has 0 bridgehead atoms. The molecular weight excluding hydrogens is 335 g/mol. The number of carbonyl (C=O) groups excluding carboxylic acids is 2. The van der Waals surface area contributed by atoms with Gasteiger partial charge in [-0.2, -0.15) is 0 Å². The van der Waals surface area contributed by atoms with Gasteiger partial charge in [0, 0.05) is 19.5 Å². The van der Waals surface area contributed by atoms with E-state index in [1.165, 1.54) is 11.0 Å². The largest absolute Gasteiger partial charge is 0.494 e. The topological polar surface area (TPSA) is 58.6 Å². The Morgan fingerprint density at radius 3 is 2.65 bits per heavy atom. The highest BCUT2D eigenvalue weighted by molar-refractivity contribution is 6.00. The Labute approximate surface area is 151 Å². The second-order valence-electron chi connectivity index (χ2n) is 6.16. The van der Waals surface area contributed by atoms with E-state index in [1.54, 1.807) is 18.2 Å². The Morgan fingerprint density at radius 1 is 1.15 bits per heavy atom. The maximum Gasteiger partial charge on any atom is 0.227 e. The molecule has 0 spiro atoms.